The van der Waals surface area contributed by atoms with Gasteiger partial charge >= 0.3 is 6.09 Å². The number of hydrogen-bond acceptors (Lipinski definition) is 7. The standard InChI is InChI=1S/C22H29N5O4/c23-21(25-29)19-9-10-20(30-19)31-22(28)24-17-8-7-16(26-11-3-1-4-12-26)15-18(17)27-13-5-2-6-14-27/h7-10,15,29H,1-6,11-14H2,(H2,23,25)(H,24,28). The maximum atomic E-state index is 12.5. The predicted octanol–water partition coefficient (Wildman–Crippen LogP) is 3.97. The topological polar surface area (TPSA) is 117 Å². The van der Waals surface area contributed by atoms with E-state index in [0.717, 1.165) is 44.7 Å². The summed E-state index contributed by atoms with van der Waals surface area (Å²) in [6.45, 7) is 4.06. The van der Waals surface area contributed by atoms with Crippen molar-refractivity contribution in [1.29, 1.82) is 0 Å². The number of ether oxygens (including phenoxy) is 1. The number of rotatable bonds is 5. The van der Waals surface area contributed by atoms with Gasteiger partial charge in [0.25, 0.3) is 5.95 Å². The summed E-state index contributed by atoms with van der Waals surface area (Å²) in [7, 11) is 0. The van der Waals surface area contributed by atoms with Crippen molar-refractivity contribution in [2.45, 2.75) is 38.5 Å². The Balaban J connectivity index is 1.51. The fourth-order valence-corrected chi connectivity index (χ4v) is 4.16. The highest BCUT2D eigenvalue weighted by atomic mass is 16.6. The highest BCUT2D eigenvalue weighted by molar-refractivity contribution is 5.95. The molecule has 1 amide bonds. The third-order valence-electron chi connectivity index (χ3n) is 5.77. The molecule has 9 heteroatoms. The second-order valence-electron chi connectivity index (χ2n) is 7.92. The van der Waals surface area contributed by atoms with Crippen LogP contribution in [0, 0.1) is 0 Å². The molecule has 0 unspecified atom stereocenters. The normalized spacial score (nSPS) is 17.5. The number of nitrogens with zero attached hydrogens (tertiary/aromatic N) is 3. The van der Waals surface area contributed by atoms with Gasteiger partial charge in [-0.25, -0.2) is 4.79 Å². The molecule has 9 nitrogen and oxygen atoms in total. The van der Waals surface area contributed by atoms with Crippen molar-refractivity contribution in [3.05, 3.63) is 36.1 Å². The molecule has 4 N–H and O–H groups in total. The Morgan fingerprint density at radius 1 is 1.00 bits per heavy atom. The molecule has 2 saturated heterocycles. The van der Waals surface area contributed by atoms with E-state index in [1.807, 2.05) is 6.07 Å². The van der Waals surface area contributed by atoms with Gasteiger partial charge < -0.3 is 29.9 Å². The van der Waals surface area contributed by atoms with Crippen LogP contribution in [0.5, 0.6) is 5.95 Å². The minimum absolute atomic E-state index is 0.0384. The van der Waals surface area contributed by atoms with Crippen LogP contribution in [-0.4, -0.2) is 43.3 Å². The maximum Gasteiger partial charge on any atom is 0.419 e. The van der Waals surface area contributed by atoms with Gasteiger partial charge in [-0.15, -0.1) is 0 Å². The fourth-order valence-electron chi connectivity index (χ4n) is 4.16. The van der Waals surface area contributed by atoms with E-state index in [-0.39, 0.29) is 17.5 Å². The van der Waals surface area contributed by atoms with E-state index in [1.54, 1.807) is 0 Å². The molecule has 1 aromatic heterocycles. The third-order valence-corrected chi connectivity index (χ3v) is 5.77. The molecule has 31 heavy (non-hydrogen) atoms. The van der Waals surface area contributed by atoms with Crippen molar-refractivity contribution in [3.8, 4) is 5.95 Å². The fraction of sp³-hybridized carbons (Fsp3) is 0.455. The Hall–Kier alpha value is -3.36. The van der Waals surface area contributed by atoms with Crippen LogP contribution < -0.4 is 25.6 Å². The average Bonchev–Trinajstić information content (AvgIpc) is 3.28. The van der Waals surface area contributed by atoms with E-state index in [2.05, 4.69) is 32.4 Å². The van der Waals surface area contributed by atoms with Gasteiger partial charge in [-0.3, -0.25) is 5.32 Å². The van der Waals surface area contributed by atoms with Gasteiger partial charge in [0.1, 0.15) is 0 Å². The second-order valence-corrected chi connectivity index (χ2v) is 7.92. The summed E-state index contributed by atoms with van der Waals surface area (Å²) in [5.74, 6) is -0.121. The Morgan fingerprint density at radius 3 is 2.35 bits per heavy atom. The molecule has 1 aromatic carbocycles. The summed E-state index contributed by atoms with van der Waals surface area (Å²) in [5.41, 5.74) is 8.38. The summed E-state index contributed by atoms with van der Waals surface area (Å²) in [4.78, 5) is 17.3. The Kier molecular flexibility index (Phi) is 6.49. The first-order valence-electron chi connectivity index (χ1n) is 10.8. The molecule has 4 rings (SSSR count). The van der Waals surface area contributed by atoms with Gasteiger partial charge in [0.05, 0.1) is 11.4 Å². The lowest BCUT2D eigenvalue weighted by molar-refractivity contribution is 0.202. The number of carbonyl (C=O) groups is 1. The van der Waals surface area contributed by atoms with E-state index in [1.165, 1.54) is 43.5 Å². The summed E-state index contributed by atoms with van der Waals surface area (Å²) in [5, 5.41) is 14.4. The largest absolute Gasteiger partial charge is 0.422 e. The first kappa shape index (κ1) is 20.9. The highest BCUT2D eigenvalue weighted by Gasteiger charge is 2.20. The molecule has 0 aliphatic carbocycles. The molecule has 2 fully saturated rings. The zero-order valence-corrected chi connectivity index (χ0v) is 17.5. The predicted molar refractivity (Wildman–Crippen MR) is 119 cm³/mol. The van der Waals surface area contributed by atoms with Crippen molar-refractivity contribution in [1.82, 2.24) is 0 Å². The number of hydrogen-bond donors (Lipinski definition) is 3. The molecular weight excluding hydrogens is 398 g/mol. The molecule has 166 valence electrons. The Labute approximate surface area is 181 Å². The lowest BCUT2D eigenvalue weighted by Crippen LogP contribution is -2.32. The van der Waals surface area contributed by atoms with Gasteiger partial charge in [0, 0.05) is 37.9 Å². The van der Waals surface area contributed by atoms with Crippen LogP contribution in [0.2, 0.25) is 0 Å². The number of nitrogens with two attached hydrogens (primary N) is 1. The number of amides is 1. The molecule has 0 atom stereocenters. The van der Waals surface area contributed by atoms with Gasteiger partial charge in [0.2, 0.25) is 5.84 Å². The molecular formula is C22H29N5O4. The van der Waals surface area contributed by atoms with Gasteiger partial charge in [-0.05, 0) is 62.8 Å². The van der Waals surface area contributed by atoms with E-state index in [0.29, 0.717) is 5.69 Å². The zero-order valence-electron chi connectivity index (χ0n) is 17.5. The molecule has 0 bridgehead atoms. The van der Waals surface area contributed by atoms with Crippen LogP contribution in [0.3, 0.4) is 0 Å². The van der Waals surface area contributed by atoms with Crippen molar-refractivity contribution in [2.75, 3.05) is 41.3 Å². The second kappa shape index (κ2) is 9.63. The molecule has 0 radical (unpaired) electrons. The summed E-state index contributed by atoms with van der Waals surface area (Å²) < 4.78 is 10.5. The molecule has 3 heterocycles. The van der Waals surface area contributed by atoms with Crippen LogP contribution in [0.1, 0.15) is 44.3 Å². The van der Waals surface area contributed by atoms with Crippen LogP contribution in [0.15, 0.2) is 39.9 Å². The minimum Gasteiger partial charge on any atom is -0.422 e. The quantitative estimate of drug-likeness (QED) is 0.286. The maximum absolute atomic E-state index is 12.5. The average molecular weight is 428 g/mol. The number of benzene rings is 1. The van der Waals surface area contributed by atoms with E-state index >= 15 is 0 Å². The molecule has 0 spiro atoms. The molecule has 0 saturated carbocycles. The van der Waals surface area contributed by atoms with Gasteiger partial charge in [0.15, 0.2) is 5.76 Å². The number of piperidine rings is 2. The van der Waals surface area contributed by atoms with Crippen LogP contribution >= 0.6 is 0 Å². The third kappa shape index (κ3) is 5.04. The number of furan rings is 1. The number of anilines is 3. The van der Waals surface area contributed by atoms with E-state index in [4.69, 9.17) is 20.1 Å². The number of carbonyl (C=O) groups excluding carboxylic acids is 1. The number of nitrogens with one attached hydrogen (secondary N) is 1. The van der Waals surface area contributed by atoms with Crippen molar-refractivity contribution >= 4 is 29.0 Å². The van der Waals surface area contributed by atoms with Gasteiger partial charge in [-0.1, -0.05) is 5.16 Å². The highest BCUT2D eigenvalue weighted by Crippen LogP contribution is 2.34. The smallest absolute Gasteiger partial charge is 0.419 e. The monoisotopic (exact) mass is 427 g/mol. The Bertz CT molecular complexity index is 930. The SMILES string of the molecule is NC(=NO)c1ccc(OC(=O)Nc2ccc(N3CCCCC3)cc2N2CCCCC2)o1. The zero-order chi connectivity index (χ0) is 21.6. The van der Waals surface area contributed by atoms with Crippen LogP contribution in [-0.2, 0) is 0 Å². The van der Waals surface area contributed by atoms with E-state index < -0.39 is 6.09 Å². The lowest BCUT2D eigenvalue weighted by atomic mass is 10.1. The number of oxime groups is 1. The molecule has 2 aliphatic rings. The van der Waals surface area contributed by atoms with Crippen molar-refractivity contribution in [3.63, 3.8) is 0 Å². The van der Waals surface area contributed by atoms with Crippen LogP contribution in [0.25, 0.3) is 0 Å². The molecule has 2 aliphatic heterocycles. The first-order valence-corrected chi connectivity index (χ1v) is 10.8. The summed E-state index contributed by atoms with van der Waals surface area (Å²) >= 11 is 0. The molecule has 2 aromatic rings. The number of amidine groups is 1. The minimum atomic E-state index is -0.663. The van der Waals surface area contributed by atoms with E-state index in [9.17, 15) is 4.79 Å². The lowest BCUT2D eigenvalue weighted by Gasteiger charge is -2.33. The van der Waals surface area contributed by atoms with Crippen molar-refractivity contribution < 1.29 is 19.2 Å². The van der Waals surface area contributed by atoms with Gasteiger partial charge in [-0.2, -0.15) is 0 Å². The summed E-state index contributed by atoms with van der Waals surface area (Å²) in [6.07, 6.45) is 6.55. The van der Waals surface area contributed by atoms with Crippen LogP contribution in [0.4, 0.5) is 21.9 Å². The first-order chi connectivity index (χ1) is 15.1. The van der Waals surface area contributed by atoms with Crippen molar-refractivity contribution in [2.24, 2.45) is 10.9 Å². The Morgan fingerprint density at radius 2 is 1.68 bits per heavy atom. The summed E-state index contributed by atoms with van der Waals surface area (Å²) in [6, 6.07) is 9.08.